The topological polar surface area (TPSA) is 24.4 Å². The van der Waals surface area contributed by atoms with Gasteiger partial charge in [0.2, 0.25) is 0 Å². The summed E-state index contributed by atoms with van der Waals surface area (Å²) in [5.74, 6) is 0. The zero-order valence-electron chi connectivity index (χ0n) is 9.49. The Balaban J connectivity index is 2.09. The van der Waals surface area contributed by atoms with E-state index in [4.69, 9.17) is 0 Å². The van der Waals surface area contributed by atoms with Crippen LogP contribution in [0.25, 0.3) is 0 Å². The molecular formula is C14H14N2. The second kappa shape index (κ2) is 3.34. The Morgan fingerprint density at radius 1 is 1.19 bits per heavy atom. The molecule has 0 aromatic heterocycles. The molecule has 1 heterocycles. The largest absolute Gasteiger partial charge is 0.372 e. The van der Waals surface area contributed by atoms with Crippen LogP contribution in [-0.4, -0.2) is 11.8 Å². The predicted octanol–water partition coefficient (Wildman–Crippen LogP) is 3.38. The average molecular weight is 210 g/mol. The van der Waals surface area contributed by atoms with Crippen LogP contribution in [0.1, 0.15) is 12.5 Å². The number of aliphatic imine (C=N–C) groups is 1. The first-order valence-corrected chi connectivity index (χ1v) is 5.55. The van der Waals surface area contributed by atoms with Gasteiger partial charge in [0.1, 0.15) is 0 Å². The molecule has 1 aromatic carbocycles. The fraction of sp³-hybridized carbons (Fsp3) is 0.214. The number of nitrogens with one attached hydrogen (secondary N) is 1. The van der Waals surface area contributed by atoms with Crippen molar-refractivity contribution in [3.8, 4) is 0 Å². The summed E-state index contributed by atoms with van der Waals surface area (Å²) >= 11 is 0. The summed E-state index contributed by atoms with van der Waals surface area (Å²) in [5.41, 5.74) is 5.80. The molecule has 80 valence electrons. The summed E-state index contributed by atoms with van der Waals surface area (Å²) in [7, 11) is 0. The minimum Gasteiger partial charge on any atom is -0.372 e. The highest BCUT2D eigenvalue weighted by atomic mass is 15.0. The molecule has 1 unspecified atom stereocenters. The van der Waals surface area contributed by atoms with Crippen LogP contribution < -0.4 is 5.32 Å². The standard InChI is InChI=1S/C14H14N2/c1-9-3-5-11-13(7-9)15-12-6-4-10(2)8-14(12)16-11/h3-8,13,15H,1-2H3. The first kappa shape index (κ1) is 9.40. The SMILES string of the molecule is CC1=CC2Nc3ccc(C)cc3N=C2C=C1. The lowest BCUT2D eigenvalue weighted by Crippen LogP contribution is -2.30. The Hall–Kier alpha value is -1.83. The van der Waals surface area contributed by atoms with Gasteiger partial charge in [0.05, 0.1) is 23.1 Å². The lowest BCUT2D eigenvalue weighted by atomic mass is 9.99. The molecule has 0 spiro atoms. The smallest absolute Gasteiger partial charge is 0.0876 e. The van der Waals surface area contributed by atoms with Gasteiger partial charge in [-0.25, -0.2) is 4.99 Å². The number of hydrogen-bond acceptors (Lipinski definition) is 2. The summed E-state index contributed by atoms with van der Waals surface area (Å²) < 4.78 is 0. The number of allylic oxidation sites excluding steroid dienone is 2. The molecule has 1 aromatic rings. The van der Waals surface area contributed by atoms with Crippen molar-refractivity contribution in [3.05, 3.63) is 47.6 Å². The minimum absolute atomic E-state index is 0.236. The lowest BCUT2D eigenvalue weighted by Gasteiger charge is -2.26. The maximum Gasteiger partial charge on any atom is 0.0876 e. The third kappa shape index (κ3) is 1.47. The molecule has 0 saturated carbocycles. The number of rotatable bonds is 0. The van der Waals surface area contributed by atoms with Gasteiger partial charge in [-0.15, -0.1) is 0 Å². The number of fused-ring (bicyclic) bond motifs is 2. The second-order valence-corrected chi connectivity index (χ2v) is 4.42. The van der Waals surface area contributed by atoms with E-state index in [1.165, 1.54) is 11.1 Å². The monoisotopic (exact) mass is 210 g/mol. The van der Waals surface area contributed by atoms with Gasteiger partial charge in [-0.2, -0.15) is 0 Å². The maximum absolute atomic E-state index is 4.69. The Bertz CT molecular complexity index is 536. The summed E-state index contributed by atoms with van der Waals surface area (Å²) in [6, 6.07) is 6.57. The Kier molecular flexibility index (Phi) is 1.96. The Morgan fingerprint density at radius 3 is 2.94 bits per heavy atom. The molecule has 1 aliphatic carbocycles. The van der Waals surface area contributed by atoms with Gasteiger partial charge in [-0.1, -0.05) is 23.8 Å². The van der Waals surface area contributed by atoms with E-state index in [2.05, 4.69) is 60.6 Å². The van der Waals surface area contributed by atoms with Crippen molar-refractivity contribution < 1.29 is 0 Å². The van der Waals surface area contributed by atoms with Crippen LogP contribution in [0, 0.1) is 6.92 Å². The third-order valence-corrected chi connectivity index (χ3v) is 2.98. The van der Waals surface area contributed by atoms with E-state index < -0.39 is 0 Å². The van der Waals surface area contributed by atoms with Gasteiger partial charge in [-0.05, 0) is 37.6 Å². The van der Waals surface area contributed by atoms with Crippen molar-refractivity contribution in [3.63, 3.8) is 0 Å². The highest BCUT2D eigenvalue weighted by Crippen LogP contribution is 2.32. The van der Waals surface area contributed by atoms with Crippen LogP contribution in [-0.2, 0) is 0 Å². The van der Waals surface area contributed by atoms with Crippen LogP contribution in [0.4, 0.5) is 11.4 Å². The quantitative estimate of drug-likeness (QED) is 0.697. The summed E-state index contributed by atoms with van der Waals surface area (Å²) in [5, 5.41) is 3.50. The number of anilines is 1. The first-order valence-electron chi connectivity index (χ1n) is 5.55. The lowest BCUT2D eigenvalue weighted by molar-refractivity contribution is 1.11. The van der Waals surface area contributed by atoms with Gasteiger partial charge >= 0.3 is 0 Å². The molecule has 0 bridgehead atoms. The predicted molar refractivity (Wildman–Crippen MR) is 68.6 cm³/mol. The molecule has 1 atom stereocenters. The van der Waals surface area contributed by atoms with Gasteiger partial charge in [0.15, 0.2) is 0 Å². The molecule has 2 heteroatoms. The van der Waals surface area contributed by atoms with Gasteiger partial charge in [0, 0.05) is 0 Å². The van der Waals surface area contributed by atoms with Crippen molar-refractivity contribution in [2.75, 3.05) is 5.32 Å². The fourth-order valence-corrected chi connectivity index (χ4v) is 2.11. The molecule has 0 saturated heterocycles. The first-order chi connectivity index (χ1) is 7.72. The van der Waals surface area contributed by atoms with Crippen LogP contribution in [0.3, 0.4) is 0 Å². The summed E-state index contributed by atoms with van der Waals surface area (Å²) in [6.07, 6.45) is 6.41. The molecule has 0 fully saturated rings. The molecular weight excluding hydrogens is 196 g/mol. The summed E-state index contributed by atoms with van der Waals surface area (Å²) in [4.78, 5) is 4.69. The van der Waals surface area contributed by atoms with E-state index in [1.807, 2.05) is 0 Å². The number of benzene rings is 1. The van der Waals surface area contributed by atoms with E-state index >= 15 is 0 Å². The maximum atomic E-state index is 4.69. The average Bonchev–Trinajstić information content (AvgIpc) is 2.26. The number of nitrogens with zero attached hydrogens (tertiary/aromatic N) is 1. The van der Waals surface area contributed by atoms with Crippen molar-refractivity contribution in [1.82, 2.24) is 0 Å². The highest BCUT2D eigenvalue weighted by Gasteiger charge is 2.20. The van der Waals surface area contributed by atoms with Crippen molar-refractivity contribution in [2.45, 2.75) is 19.9 Å². The number of aryl methyl sites for hydroxylation is 1. The molecule has 3 rings (SSSR count). The molecule has 2 nitrogen and oxygen atoms in total. The van der Waals surface area contributed by atoms with Gasteiger partial charge < -0.3 is 5.32 Å². The Morgan fingerprint density at radius 2 is 2.06 bits per heavy atom. The van der Waals surface area contributed by atoms with E-state index in [1.54, 1.807) is 0 Å². The zero-order chi connectivity index (χ0) is 11.1. The van der Waals surface area contributed by atoms with Crippen molar-refractivity contribution in [2.24, 2.45) is 4.99 Å². The van der Waals surface area contributed by atoms with Crippen LogP contribution in [0.15, 0.2) is 47.0 Å². The minimum atomic E-state index is 0.236. The zero-order valence-corrected chi connectivity index (χ0v) is 9.49. The second-order valence-electron chi connectivity index (χ2n) is 4.42. The van der Waals surface area contributed by atoms with Gasteiger partial charge in [0.25, 0.3) is 0 Å². The summed E-state index contributed by atoms with van der Waals surface area (Å²) in [6.45, 7) is 4.20. The highest BCUT2D eigenvalue weighted by molar-refractivity contribution is 6.08. The Labute approximate surface area is 95.4 Å². The van der Waals surface area contributed by atoms with E-state index in [0.717, 1.165) is 17.1 Å². The molecule has 16 heavy (non-hydrogen) atoms. The third-order valence-electron chi connectivity index (χ3n) is 2.98. The van der Waals surface area contributed by atoms with Crippen LogP contribution >= 0.6 is 0 Å². The van der Waals surface area contributed by atoms with Crippen molar-refractivity contribution >= 4 is 17.1 Å². The van der Waals surface area contributed by atoms with Crippen molar-refractivity contribution in [1.29, 1.82) is 0 Å². The van der Waals surface area contributed by atoms with E-state index in [0.29, 0.717) is 0 Å². The molecule has 0 amide bonds. The van der Waals surface area contributed by atoms with Gasteiger partial charge in [-0.3, -0.25) is 0 Å². The normalized spacial score (nSPS) is 21.5. The van der Waals surface area contributed by atoms with Crippen LogP contribution in [0.5, 0.6) is 0 Å². The molecule has 0 radical (unpaired) electrons. The van der Waals surface area contributed by atoms with Crippen LogP contribution in [0.2, 0.25) is 0 Å². The van der Waals surface area contributed by atoms with E-state index in [-0.39, 0.29) is 6.04 Å². The van der Waals surface area contributed by atoms with E-state index in [9.17, 15) is 0 Å². The fourth-order valence-electron chi connectivity index (χ4n) is 2.11. The molecule has 1 aliphatic heterocycles. The number of hydrogen-bond donors (Lipinski definition) is 1. The molecule has 2 aliphatic rings. The molecule has 1 N–H and O–H groups in total.